The van der Waals surface area contributed by atoms with Gasteiger partial charge in [0.2, 0.25) is 0 Å². The van der Waals surface area contributed by atoms with Crippen molar-refractivity contribution < 1.29 is 14.3 Å². The Morgan fingerprint density at radius 2 is 1.89 bits per heavy atom. The summed E-state index contributed by atoms with van der Waals surface area (Å²) < 4.78 is 10.0. The van der Waals surface area contributed by atoms with Gasteiger partial charge in [-0.2, -0.15) is 0 Å². The van der Waals surface area contributed by atoms with Gasteiger partial charge < -0.3 is 9.47 Å². The average molecular weight is 258 g/mol. The molecular formula is C16H18O3. The standard InChI is InChI=1S/C16H18O3/c1-16(9-11-19-12-10-16)8-7-13-3-5-14(6-4-13)15(17)18-2/h3-6H,9-12H2,1-2H3. The highest BCUT2D eigenvalue weighted by Gasteiger charge is 2.24. The Labute approximate surface area is 113 Å². The number of ether oxygens (including phenoxy) is 2. The molecule has 0 bridgehead atoms. The highest BCUT2D eigenvalue weighted by Crippen LogP contribution is 2.28. The number of esters is 1. The number of carbonyl (C=O) groups excluding carboxylic acids is 1. The number of rotatable bonds is 1. The largest absolute Gasteiger partial charge is 0.465 e. The third-order valence-electron chi connectivity index (χ3n) is 3.41. The molecule has 1 heterocycles. The molecule has 100 valence electrons. The SMILES string of the molecule is COC(=O)c1ccc(C#CC2(C)CCOCC2)cc1. The number of methoxy groups -OCH3 is 1. The van der Waals surface area contributed by atoms with Gasteiger partial charge in [0.1, 0.15) is 0 Å². The van der Waals surface area contributed by atoms with Crippen LogP contribution in [0.4, 0.5) is 0 Å². The van der Waals surface area contributed by atoms with E-state index < -0.39 is 0 Å². The molecule has 0 radical (unpaired) electrons. The molecule has 3 heteroatoms. The van der Waals surface area contributed by atoms with Gasteiger partial charge >= 0.3 is 5.97 Å². The number of hydrogen-bond acceptors (Lipinski definition) is 3. The summed E-state index contributed by atoms with van der Waals surface area (Å²) in [6.45, 7) is 3.74. The van der Waals surface area contributed by atoms with Crippen LogP contribution in [0.15, 0.2) is 24.3 Å². The van der Waals surface area contributed by atoms with Crippen molar-refractivity contribution >= 4 is 5.97 Å². The van der Waals surface area contributed by atoms with Crippen LogP contribution in [0.25, 0.3) is 0 Å². The third kappa shape index (κ3) is 3.59. The molecule has 1 fully saturated rings. The molecule has 0 spiro atoms. The van der Waals surface area contributed by atoms with Gasteiger partial charge in [-0.05, 0) is 44.0 Å². The van der Waals surface area contributed by atoms with Crippen molar-refractivity contribution in [3.63, 3.8) is 0 Å². The van der Waals surface area contributed by atoms with Crippen molar-refractivity contribution in [3.8, 4) is 11.8 Å². The first kappa shape index (κ1) is 13.6. The van der Waals surface area contributed by atoms with E-state index in [0.29, 0.717) is 5.56 Å². The summed E-state index contributed by atoms with van der Waals surface area (Å²) in [5, 5.41) is 0. The van der Waals surface area contributed by atoms with E-state index in [-0.39, 0.29) is 11.4 Å². The van der Waals surface area contributed by atoms with Crippen LogP contribution in [0.5, 0.6) is 0 Å². The molecule has 0 amide bonds. The molecule has 0 saturated carbocycles. The highest BCUT2D eigenvalue weighted by molar-refractivity contribution is 5.89. The van der Waals surface area contributed by atoms with Crippen LogP contribution in [0.3, 0.4) is 0 Å². The lowest BCUT2D eigenvalue weighted by Gasteiger charge is -2.28. The number of carbonyl (C=O) groups is 1. The van der Waals surface area contributed by atoms with Crippen LogP contribution in [-0.2, 0) is 9.47 Å². The summed E-state index contributed by atoms with van der Waals surface area (Å²) in [6, 6.07) is 7.17. The van der Waals surface area contributed by atoms with Crippen LogP contribution in [-0.4, -0.2) is 26.3 Å². The molecule has 0 unspecified atom stereocenters. The molecule has 1 saturated heterocycles. The lowest BCUT2D eigenvalue weighted by molar-refractivity contribution is 0.0487. The molecule has 1 aromatic rings. The topological polar surface area (TPSA) is 35.5 Å². The molecule has 3 nitrogen and oxygen atoms in total. The van der Waals surface area contributed by atoms with E-state index in [2.05, 4.69) is 23.5 Å². The normalized spacial score (nSPS) is 17.2. The third-order valence-corrected chi connectivity index (χ3v) is 3.41. The second-order valence-corrected chi connectivity index (χ2v) is 4.99. The van der Waals surface area contributed by atoms with Crippen molar-refractivity contribution in [1.29, 1.82) is 0 Å². The molecule has 1 aliphatic heterocycles. The van der Waals surface area contributed by atoms with Gasteiger partial charge in [-0.1, -0.05) is 11.8 Å². The van der Waals surface area contributed by atoms with Gasteiger partial charge in [0, 0.05) is 24.2 Å². The minimum atomic E-state index is -0.323. The van der Waals surface area contributed by atoms with Crippen molar-refractivity contribution in [1.82, 2.24) is 0 Å². The Morgan fingerprint density at radius 1 is 1.26 bits per heavy atom. The molecule has 0 N–H and O–H groups in total. The predicted octanol–water partition coefficient (Wildman–Crippen LogP) is 2.64. The molecule has 0 aromatic heterocycles. The summed E-state index contributed by atoms with van der Waals surface area (Å²) in [6.07, 6.45) is 1.94. The Bertz CT molecular complexity index is 499. The van der Waals surface area contributed by atoms with Crippen molar-refractivity contribution in [2.45, 2.75) is 19.8 Å². The fourth-order valence-corrected chi connectivity index (χ4v) is 1.98. The maximum absolute atomic E-state index is 11.3. The summed E-state index contributed by atoms with van der Waals surface area (Å²) in [5.74, 6) is 6.19. The fraction of sp³-hybridized carbons (Fsp3) is 0.438. The zero-order chi connectivity index (χ0) is 13.7. The second-order valence-electron chi connectivity index (χ2n) is 4.99. The van der Waals surface area contributed by atoms with Gasteiger partial charge in [-0.25, -0.2) is 4.79 Å². The van der Waals surface area contributed by atoms with E-state index in [4.69, 9.17) is 4.74 Å². The van der Waals surface area contributed by atoms with Crippen molar-refractivity contribution in [2.24, 2.45) is 5.41 Å². The zero-order valence-corrected chi connectivity index (χ0v) is 11.4. The maximum Gasteiger partial charge on any atom is 0.337 e. The van der Waals surface area contributed by atoms with Crippen LogP contribution in [0, 0.1) is 17.3 Å². The van der Waals surface area contributed by atoms with Crippen molar-refractivity contribution in [3.05, 3.63) is 35.4 Å². The molecule has 2 rings (SSSR count). The zero-order valence-electron chi connectivity index (χ0n) is 11.4. The number of hydrogen-bond donors (Lipinski definition) is 0. The Morgan fingerprint density at radius 3 is 2.47 bits per heavy atom. The Balaban J connectivity index is 2.09. The van der Waals surface area contributed by atoms with E-state index in [1.165, 1.54) is 7.11 Å². The van der Waals surface area contributed by atoms with E-state index in [0.717, 1.165) is 31.6 Å². The molecule has 19 heavy (non-hydrogen) atoms. The highest BCUT2D eigenvalue weighted by atomic mass is 16.5. The summed E-state index contributed by atoms with van der Waals surface area (Å²) >= 11 is 0. The predicted molar refractivity (Wildman–Crippen MR) is 72.8 cm³/mol. The van der Waals surface area contributed by atoms with Gasteiger partial charge in [0.15, 0.2) is 0 Å². The van der Waals surface area contributed by atoms with Gasteiger partial charge in [0.05, 0.1) is 12.7 Å². The van der Waals surface area contributed by atoms with E-state index in [1.54, 1.807) is 12.1 Å². The lowest BCUT2D eigenvalue weighted by atomic mass is 9.83. The second kappa shape index (κ2) is 5.90. The maximum atomic E-state index is 11.3. The van der Waals surface area contributed by atoms with E-state index in [9.17, 15) is 4.79 Å². The Kier molecular flexibility index (Phi) is 4.24. The summed E-state index contributed by atoms with van der Waals surface area (Å²) in [4.78, 5) is 11.3. The number of benzene rings is 1. The van der Waals surface area contributed by atoms with Crippen LogP contribution >= 0.6 is 0 Å². The molecular weight excluding hydrogens is 240 g/mol. The molecule has 1 aromatic carbocycles. The van der Waals surface area contributed by atoms with Gasteiger partial charge in [-0.15, -0.1) is 0 Å². The lowest BCUT2D eigenvalue weighted by Crippen LogP contribution is -2.24. The fourth-order valence-electron chi connectivity index (χ4n) is 1.98. The molecule has 0 aliphatic carbocycles. The van der Waals surface area contributed by atoms with Crippen LogP contribution in [0.2, 0.25) is 0 Å². The summed E-state index contributed by atoms with van der Waals surface area (Å²) in [5.41, 5.74) is 1.50. The minimum absolute atomic E-state index is 0.0409. The monoisotopic (exact) mass is 258 g/mol. The van der Waals surface area contributed by atoms with E-state index >= 15 is 0 Å². The average Bonchev–Trinajstić information content (AvgIpc) is 2.46. The minimum Gasteiger partial charge on any atom is -0.465 e. The van der Waals surface area contributed by atoms with Gasteiger partial charge in [0.25, 0.3) is 0 Å². The first-order chi connectivity index (χ1) is 9.13. The van der Waals surface area contributed by atoms with Gasteiger partial charge in [-0.3, -0.25) is 0 Å². The van der Waals surface area contributed by atoms with Crippen LogP contribution < -0.4 is 0 Å². The first-order valence-electron chi connectivity index (χ1n) is 6.42. The van der Waals surface area contributed by atoms with E-state index in [1.807, 2.05) is 12.1 Å². The quantitative estimate of drug-likeness (QED) is 0.574. The Hall–Kier alpha value is -1.79. The first-order valence-corrected chi connectivity index (χ1v) is 6.42. The molecule has 0 atom stereocenters. The molecule has 1 aliphatic rings. The van der Waals surface area contributed by atoms with Crippen LogP contribution in [0.1, 0.15) is 35.7 Å². The smallest absolute Gasteiger partial charge is 0.337 e. The van der Waals surface area contributed by atoms with Crippen molar-refractivity contribution in [2.75, 3.05) is 20.3 Å². The summed E-state index contributed by atoms with van der Waals surface area (Å²) in [7, 11) is 1.38.